The topological polar surface area (TPSA) is 59.9 Å². The maximum Gasteiger partial charge on any atom is 0.183 e. The van der Waals surface area contributed by atoms with E-state index in [1.165, 1.54) is 5.56 Å². The number of methoxy groups -OCH3 is 1. The van der Waals surface area contributed by atoms with Gasteiger partial charge >= 0.3 is 0 Å². The summed E-state index contributed by atoms with van der Waals surface area (Å²) in [5.41, 5.74) is 7.34. The predicted molar refractivity (Wildman–Crippen MR) is 134 cm³/mol. The largest absolute Gasteiger partial charge is 0.497 e. The number of hydrogen-bond acceptors (Lipinski definition) is 6. The lowest BCUT2D eigenvalue weighted by Crippen LogP contribution is -1.98. The molecule has 0 atom stereocenters. The van der Waals surface area contributed by atoms with Crippen LogP contribution in [0.1, 0.15) is 30.0 Å². The van der Waals surface area contributed by atoms with Gasteiger partial charge in [-0.15, -0.1) is 0 Å². The highest BCUT2D eigenvalue weighted by Crippen LogP contribution is 2.35. The van der Waals surface area contributed by atoms with Crippen LogP contribution in [0.5, 0.6) is 5.75 Å². The molecule has 0 aliphatic rings. The normalized spacial score (nSPS) is 10.9. The Hall–Kier alpha value is -3.25. The highest BCUT2D eigenvalue weighted by atomic mass is 32.1. The maximum absolute atomic E-state index is 5.45. The summed E-state index contributed by atoms with van der Waals surface area (Å²) in [4.78, 5) is 15.5. The number of ether oxygens (including phenoxy) is 1. The van der Waals surface area contributed by atoms with Crippen LogP contribution in [0, 0.1) is 20.8 Å². The Kier molecular flexibility index (Phi) is 6.51. The Balaban J connectivity index is 1.87. The molecule has 0 unspecified atom stereocenters. The Morgan fingerprint density at radius 1 is 0.938 bits per heavy atom. The molecule has 164 valence electrons. The molecule has 0 saturated carbocycles. The van der Waals surface area contributed by atoms with Crippen LogP contribution in [0.25, 0.3) is 33.2 Å². The van der Waals surface area contributed by atoms with Gasteiger partial charge in [0.05, 0.1) is 23.4 Å². The molecule has 5 nitrogen and oxygen atoms in total. The zero-order chi connectivity index (χ0) is 22.7. The van der Waals surface area contributed by atoms with Gasteiger partial charge in [-0.3, -0.25) is 0 Å². The maximum atomic E-state index is 5.45. The van der Waals surface area contributed by atoms with E-state index in [0.29, 0.717) is 5.82 Å². The van der Waals surface area contributed by atoms with Crippen molar-refractivity contribution in [2.45, 2.75) is 34.1 Å². The summed E-state index contributed by atoms with van der Waals surface area (Å²) in [5.74, 6) is 1.56. The molecule has 0 radical (unpaired) electrons. The van der Waals surface area contributed by atoms with E-state index in [1.54, 1.807) is 18.4 Å². The molecule has 0 spiro atoms. The number of rotatable bonds is 7. The van der Waals surface area contributed by atoms with Crippen molar-refractivity contribution in [3.05, 3.63) is 65.4 Å². The summed E-state index contributed by atoms with van der Waals surface area (Å²) in [5, 5.41) is 4.28. The van der Waals surface area contributed by atoms with Gasteiger partial charge in [0.15, 0.2) is 11.0 Å². The first kappa shape index (κ1) is 22.0. The van der Waals surface area contributed by atoms with Crippen molar-refractivity contribution in [3.8, 4) is 39.0 Å². The van der Waals surface area contributed by atoms with Crippen molar-refractivity contribution in [3.63, 3.8) is 0 Å². The van der Waals surface area contributed by atoms with E-state index in [-0.39, 0.29) is 0 Å². The highest BCUT2D eigenvalue weighted by molar-refractivity contribution is 7.18. The molecule has 32 heavy (non-hydrogen) atoms. The zero-order valence-electron chi connectivity index (χ0n) is 19.2. The minimum absolute atomic E-state index is 0.712. The number of nitrogens with one attached hydrogen (secondary N) is 1. The fraction of sp³-hybridized carbons (Fsp3) is 0.269. The van der Waals surface area contributed by atoms with Crippen molar-refractivity contribution < 1.29 is 4.74 Å². The Bertz CT molecular complexity index is 1210. The van der Waals surface area contributed by atoms with Gasteiger partial charge in [-0.25, -0.2) is 15.0 Å². The molecule has 0 amide bonds. The lowest BCUT2D eigenvalue weighted by molar-refractivity contribution is 0.414. The number of aromatic nitrogens is 3. The van der Waals surface area contributed by atoms with Crippen molar-refractivity contribution in [2.24, 2.45) is 0 Å². The molecule has 6 heteroatoms. The number of anilines is 1. The molecule has 0 fully saturated rings. The van der Waals surface area contributed by atoms with Crippen LogP contribution < -0.4 is 10.1 Å². The number of thiazole rings is 1. The van der Waals surface area contributed by atoms with Crippen molar-refractivity contribution >= 4 is 16.5 Å². The smallest absolute Gasteiger partial charge is 0.183 e. The first-order chi connectivity index (χ1) is 15.5. The number of hydrogen-bond donors (Lipinski definition) is 1. The average Bonchev–Trinajstić information content (AvgIpc) is 3.26. The van der Waals surface area contributed by atoms with Crippen LogP contribution >= 0.6 is 11.3 Å². The lowest BCUT2D eigenvalue weighted by atomic mass is 9.98. The number of aryl methyl sites for hydroxylation is 3. The van der Waals surface area contributed by atoms with Crippen LogP contribution in [0.15, 0.2) is 48.7 Å². The van der Waals surface area contributed by atoms with E-state index in [2.05, 4.69) is 80.5 Å². The second-order valence-corrected chi connectivity index (χ2v) is 8.95. The van der Waals surface area contributed by atoms with E-state index in [9.17, 15) is 0 Å². The third-order valence-electron chi connectivity index (χ3n) is 5.32. The highest BCUT2D eigenvalue weighted by Gasteiger charge is 2.16. The summed E-state index contributed by atoms with van der Waals surface area (Å²) in [6, 6.07) is 14.5. The van der Waals surface area contributed by atoms with Crippen molar-refractivity contribution in [1.82, 2.24) is 15.0 Å². The van der Waals surface area contributed by atoms with E-state index in [4.69, 9.17) is 14.7 Å². The van der Waals surface area contributed by atoms with Gasteiger partial charge in [-0.2, -0.15) is 0 Å². The minimum Gasteiger partial charge on any atom is -0.497 e. The van der Waals surface area contributed by atoms with Gasteiger partial charge in [-0.05, 0) is 56.5 Å². The average molecular weight is 445 g/mol. The van der Waals surface area contributed by atoms with Crippen LogP contribution in [0.2, 0.25) is 0 Å². The fourth-order valence-electron chi connectivity index (χ4n) is 3.69. The first-order valence-electron chi connectivity index (χ1n) is 10.8. The van der Waals surface area contributed by atoms with E-state index in [0.717, 1.165) is 62.4 Å². The third kappa shape index (κ3) is 4.65. The number of benzene rings is 2. The van der Waals surface area contributed by atoms with Crippen LogP contribution in [0.4, 0.5) is 5.13 Å². The molecule has 4 rings (SSSR count). The monoisotopic (exact) mass is 444 g/mol. The molecule has 4 aromatic rings. The van der Waals surface area contributed by atoms with Crippen LogP contribution in [-0.2, 0) is 0 Å². The Labute approximate surface area is 193 Å². The molecule has 2 heterocycles. The summed E-state index contributed by atoms with van der Waals surface area (Å²) in [6.07, 6.45) is 2.95. The van der Waals surface area contributed by atoms with Gasteiger partial charge in [0.2, 0.25) is 0 Å². The van der Waals surface area contributed by atoms with E-state index >= 15 is 0 Å². The Morgan fingerprint density at radius 3 is 2.28 bits per heavy atom. The van der Waals surface area contributed by atoms with Gasteiger partial charge in [0.1, 0.15) is 5.75 Å². The van der Waals surface area contributed by atoms with Crippen molar-refractivity contribution in [1.29, 1.82) is 0 Å². The molecule has 1 N–H and O–H groups in total. The van der Waals surface area contributed by atoms with E-state index in [1.807, 2.05) is 6.20 Å². The zero-order valence-corrected chi connectivity index (χ0v) is 20.0. The van der Waals surface area contributed by atoms with Crippen LogP contribution in [0.3, 0.4) is 0 Å². The first-order valence-corrected chi connectivity index (χ1v) is 11.6. The molecule has 0 aliphatic carbocycles. The number of nitrogens with zero attached hydrogens (tertiary/aromatic N) is 3. The quantitative estimate of drug-likeness (QED) is 0.344. The Morgan fingerprint density at radius 2 is 1.62 bits per heavy atom. The second kappa shape index (κ2) is 9.49. The predicted octanol–water partition coefficient (Wildman–Crippen LogP) is 6.69. The van der Waals surface area contributed by atoms with E-state index < -0.39 is 0 Å². The molecular formula is C26H28N4OS. The van der Waals surface area contributed by atoms with Gasteiger partial charge in [-0.1, -0.05) is 48.1 Å². The SMILES string of the molecule is CCCNc1ncc(-c2cc(-c3c(C)cc(OC)cc3C)nc(-c3ccc(C)cc3)n2)s1. The third-order valence-corrected chi connectivity index (χ3v) is 6.30. The lowest BCUT2D eigenvalue weighted by Gasteiger charge is -2.14. The summed E-state index contributed by atoms with van der Waals surface area (Å²) < 4.78 is 5.45. The van der Waals surface area contributed by atoms with Gasteiger partial charge in [0, 0.05) is 23.9 Å². The molecular weight excluding hydrogens is 416 g/mol. The summed E-state index contributed by atoms with van der Waals surface area (Å²) >= 11 is 1.62. The molecule has 0 saturated heterocycles. The standard InChI is InChI=1S/C26H28N4OS/c1-6-11-27-26-28-15-23(32-26)21-14-22(24-17(3)12-20(31-5)13-18(24)4)30-25(29-21)19-9-7-16(2)8-10-19/h7-10,12-15H,6,11H2,1-5H3,(H,27,28). The van der Waals surface area contributed by atoms with Crippen LogP contribution in [-0.4, -0.2) is 28.6 Å². The summed E-state index contributed by atoms with van der Waals surface area (Å²) in [7, 11) is 1.69. The molecule has 0 aliphatic heterocycles. The van der Waals surface area contributed by atoms with Gasteiger partial charge in [0.25, 0.3) is 0 Å². The summed E-state index contributed by atoms with van der Waals surface area (Å²) in [6.45, 7) is 9.32. The molecule has 0 bridgehead atoms. The molecule has 2 aromatic carbocycles. The van der Waals surface area contributed by atoms with Crippen molar-refractivity contribution in [2.75, 3.05) is 19.0 Å². The fourth-order valence-corrected chi connectivity index (χ4v) is 4.49. The second-order valence-electron chi connectivity index (χ2n) is 7.92. The molecule has 2 aromatic heterocycles. The minimum atomic E-state index is 0.712. The van der Waals surface area contributed by atoms with Gasteiger partial charge < -0.3 is 10.1 Å².